The number of aliphatic hydroxyl groups excluding tert-OH is 4. The van der Waals surface area contributed by atoms with Crippen LogP contribution in [-0.4, -0.2) is 79.5 Å². The maximum absolute atomic E-state index is 12.4. The molecule has 0 saturated carbocycles. The predicted octanol–water partition coefficient (Wildman–Crippen LogP) is -0.268. The van der Waals surface area contributed by atoms with Crippen molar-refractivity contribution in [1.82, 2.24) is 0 Å². The van der Waals surface area contributed by atoms with Crippen LogP contribution in [0.15, 0.2) is 42.5 Å². The Morgan fingerprint density at radius 3 is 2.10 bits per heavy atom. The quantitative estimate of drug-likeness (QED) is 0.251. The van der Waals surface area contributed by atoms with Crippen molar-refractivity contribution in [3.8, 4) is 17.2 Å². The zero-order chi connectivity index (χ0) is 22.7. The maximum atomic E-state index is 12.4. The number of rotatable bonds is 7. The SMILES string of the molecule is O=C(CC(=O)c1c(O)cc(O[C@@H]2O[C@H](CO)[C@@H](O)[C@H](O)[C@H]2O)cc1O)c1ccccc1. The molecular formula is C21H22O10. The fourth-order valence-corrected chi connectivity index (χ4v) is 3.20. The summed E-state index contributed by atoms with van der Waals surface area (Å²) >= 11 is 0. The van der Waals surface area contributed by atoms with E-state index in [4.69, 9.17) is 9.47 Å². The molecule has 0 bridgehead atoms. The summed E-state index contributed by atoms with van der Waals surface area (Å²) in [5, 5.41) is 59.2. The summed E-state index contributed by atoms with van der Waals surface area (Å²) in [5.41, 5.74) is -0.178. The zero-order valence-electron chi connectivity index (χ0n) is 16.2. The van der Waals surface area contributed by atoms with Crippen LogP contribution < -0.4 is 4.74 Å². The van der Waals surface area contributed by atoms with Gasteiger partial charge in [0.2, 0.25) is 6.29 Å². The molecule has 3 rings (SSSR count). The number of phenolic OH excluding ortho intramolecular Hbond substituents is 2. The zero-order valence-corrected chi connectivity index (χ0v) is 16.2. The Morgan fingerprint density at radius 1 is 0.903 bits per heavy atom. The number of Topliss-reactive ketones (excluding diaryl/α,β-unsaturated/α-hetero) is 2. The number of ketones is 2. The number of benzene rings is 2. The molecule has 31 heavy (non-hydrogen) atoms. The first-order valence-electron chi connectivity index (χ1n) is 9.37. The molecule has 0 aromatic heterocycles. The largest absolute Gasteiger partial charge is 0.507 e. The van der Waals surface area contributed by atoms with Crippen LogP contribution in [0.25, 0.3) is 0 Å². The molecule has 166 valence electrons. The van der Waals surface area contributed by atoms with Gasteiger partial charge in [0, 0.05) is 17.7 Å². The first-order chi connectivity index (χ1) is 14.7. The summed E-state index contributed by atoms with van der Waals surface area (Å²) in [7, 11) is 0. The highest BCUT2D eigenvalue weighted by atomic mass is 16.7. The minimum absolute atomic E-state index is 0.231. The van der Waals surface area contributed by atoms with Crippen molar-refractivity contribution in [3.63, 3.8) is 0 Å². The summed E-state index contributed by atoms with van der Waals surface area (Å²) < 4.78 is 10.5. The molecule has 0 aliphatic carbocycles. The summed E-state index contributed by atoms with van der Waals surface area (Å²) in [6.45, 7) is -0.663. The van der Waals surface area contributed by atoms with E-state index in [1.807, 2.05) is 0 Å². The van der Waals surface area contributed by atoms with E-state index in [1.54, 1.807) is 18.2 Å². The van der Waals surface area contributed by atoms with E-state index in [1.165, 1.54) is 12.1 Å². The minimum Gasteiger partial charge on any atom is -0.507 e. The summed E-state index contributed by atoms with van der Waals surface area (Å²) in [4.78, 5) is 24.7. The Hall–Kier alpha value is -3.02. The van der Waals surface area contributed by atoms with Gasteiger partial charge in [-0.15, -0.1) is 0 Å². The molecule has 2 aromatic carbocycles. The van der Waals surface area contributed by atoms with Gasteiger partial charge in [0.15, 0.2) is 11.6 Å². The molecule has 1 heterocycles. The molecule has 1 fully saturated rings. The first kappa shape index (κ1) is 22.7. The van der Waals surface area contributed by atoms with Crippen molar-refractivity contribution in [1.29, 1.82) is 0 Å². The lowest BCUT2D eigenvalue weighted by Crippen LogP contribution is -2.60. The lowest BCUT2D eigenvalue weighted by Gasteiger charge is -2.39. The Kier molecular flexibility index (Phi) is 6.88. The second-order valence-corrected chi connectivity index (χ2v) is 7.04. The van der Waals surface area contributed by atoms with Gasteiger partial charge in [-0.3, -0.25) is 9.59 Å². The third-order valence-corrected chi connectivity index (χ3v) is 4.87. The average Bonchev–Trinajstić information content (AvgIpc) is 2.74. The predicted molar refractivity (Wildman–Crippen MR) is 104 cm³/mol. The Balaban J connectivity index is 1.76. The van der Waals surface area contributed by atoms with Gasteiger partial charge in [-0.25, -0.2) is 0 Å². The molecule has 0 unspecified atom stereocenters. The molecule has 0 spiro atoms. The standard InChI is InChI=1S/C21H22O10/c22-9-16-18(27)19(28)20(29)21(31-16)30-11-6-13(24)17(14(25)7-11)15(26)8-12(23)10-4-2-1-3-5-10/h1-7,16,18-22,24-25,27-29H,8-9H2/t16-,18-,19+,20-,21-/m1/s1. The number of hydrogen-bond donors (Lipinski definition) is 6. The van der Waals surface area contributed by atoms with Crippen LogP contribution >= 0.6 is 0 Å². The highest BCUT2D eigenvalue weighted by Gasteiger charge is 2.44. The third-order valence-electron chi connectivity index (χ3n) is 4.87. The van der Waals surface area contributed by atoms with Gasteiger partial charge in [-0.05, 0) is 0 Å². The minimum atomic E-state index is -1.70. The van der Waals surface area contributed by atoms with Crippen molar-refractivity contribution in [2.75, 3.05) is 6.61 Å². The van der Waals surface area contributed by atoms with Gasteiger partial charge in [0.05, 0.1) is 13.0 Å². The lowest BCUT2D eigenvalue weighted by molar-refractivity contribution is -0.277. The van der Waals surface area contributed by atoms with Crippen LogP contribution in [0.5, 0.6) is 17.2 Å². The first-order valence-corrected chi connectivity index (χ1v) is 9.37. The van der Waals surface area contributed by atoms with E-state index in [9.17, 15) is 40.2 Å². The fraction of sp³-hybridized carbons (Fsp3) is 0.333. The number of phenols is 2. The van der Waals surface area contributed by atoms with Gasteiger partial charge in [0.25, 0.3) is 0 Å². The molecule has 5 atom stereocenters. The summed E-state index contributed by atoms with van der Waals surface area (Å²) in [6.07, 6.45) is -8.30. The average molecular weight is 434 g/mol. The van der Waals surface area contributed by atoms with Crippen LogP contribution in [0.4, 0.5) is 0 Å². The fourth-order valence-electron chi connectivity index (χ4n) is 3.20. The topological polar surface area (TPSA) is 174 Å². The number of carbonyl (C=O) groups excluding carboxylic acids is 2. The maximum Gasteiger partial charge on any atom is 0.229 e. The van der Waals surface area contributed by atoms with Gasteiger partial charge >= 0.3 is 0 Å². The molecule has 1 aliphatic heterocycles. The lowest BCUT2D eigenvalue weighted by atomic mass is 9.99. The van der Waals surface area contributed by atoms with Crippen LogP contribution in [0.2, 0.25) is 0 Å². The Bertz CT molecular complexity index is 919. The van der Waals surface area contributed by atoms with Crippen molar-refractivity contribution < 1.29 is 49.7 Å². The summed E-state index contributed by atoms with van der Waals surface area (Å²) in [6, 6.07) is 9.97. The molecule has 6 N–H and O–H groups in total. The molecule has 2 aromatic rings. The van der Waals surface area contributed by atoms with E-state index in [2.05, 4.69) is 0 Å². The molecule has 0 amide bonds. The molecule has 10 heteroatoms. The monoisotopic (exact) mass is 434 g/mol. The van der Waals surface area contributed by atoms with Crippen LogP contribution in [0, 0.1) is 0 Å². The van der Waals surface area contributed by atoms with Crippen molar-refractivity contribution >= 4 is 11.6 Å². The van der Waals surface area contributed by atoms with Crippen LogP contribution in [0.1, 0.15) is 27.1 Å². The molecular weight excluding hydrogens is 412 g/mol. The smallest absolute Gasteiger partial charge is 0.229 e. The number of carbonyl (C=O) groups is 2. The van der Waals surface area contributed by atoms with E-state index < -0.39 is 72.4 Å². The Labute approximate surface area is 176 Å². The van der Waals surface area contributed by atoms with E-state index in [-0.39, 0.29) is 5.75 Å². The van der Waals surface area contributed by atoms with Crippen LogP contribution in [-0.2, 0) is 4.74 Å². The number of ether oxygens (including phenoxy) is 2. The second-order valence-electron chi connectivity index (χ2n) is 7.04. The van der Waals surface area contributed by atoms with E-state index >= 15 is 0 Å². The second kappa shape index (κ2) is 9.41. The number of aromatic hydroxyl groups is 2. The van der Waals surface area contributed by atoms with Gasteiger partial charge in [-0.2, -0.15) is 0 Å². The molecule has 1 saturated heterocycles. The van der Waals surface area contributed by atoms with Crippen molar-refractivity contribution in [3.05, 3.63) is 53.6 Å². The van der Waals surface area contributed by atoms with E-state index in [0.717, 1.165) is 12.1 Å². The molecule has 0 radical (unpaired) electrons. The van der Waals surface area contributed by atoms with E-state index in [0.29, 0.717) is 5.56 Å². The Morgan fingerprint density at radius 2 is 1.52 bits per heavy atom. The summed E-state index contributed by atoms with van der Waals surface area (Å²) in [5.74, 6) is -2.89. The molecule has 1 aliphatic rings. The van der Waals surface area contributed by atoms with Crippen molar-refractivity contribution in [2.24, 2.45) is 0 Å². The van der Waals surface area contributed by atoms with Gasteiger partial charge in [-0.1, -0.05) is 30.3 Å². The van der Waals surface area contributed by atoms with Crippen molar-refractivity contribution in [2.45, 2.75) is 37.1 Å². The highest BCUT2D eigenvalue weighted by molar-refractivity contribution is 6.15. The third kappa shape index (κ3) is 4.84. The number of aliphatic hydroxyl groups is 4. The van der Waals surface area contributed by atoms with Crippen LogP contribution in [0.3, 0.4) is 0 Å². The molecule has 10 nitrogen and oxygen atoms in total. The number of hydrogen-bond acceptors (Lipinski definition) is 10. The van der Waals surface area contributed by atoms with Gasteiger partial charge < -0.3 is 40.1 Å². The van der Waals surface area contributed by atoms with Gasteiger partial charge in [0.1, 0.15) is 47.2 Å². The highest BCUT2D eigenvalue weighted by Crippen LogP contribution is 2.35. The normalized spacial score (nSPS) is 25.7.